The third-order valence-corrected chi connectivity index (χ3v) is 2.88. The van der Waals surface area contributed by atoms with Crippen LogP contribution < -0.4 is 5.73 Å². The molecule has 0 aliphatic rings. The van der Waals surface area contributed by atoms with Crippen LogP contribution in [0.2, 0.25) is 0 Å². The summed E-state index contributed by atoms with van der Waals surface area (Å²) in [6.45, 7) is 6.54. The maximum atomic E-state index is 6.08. The fourth-order valence-corrected chi connectivity index (χ4v) is 1.59. The minimum absolute atomic E-state index is 0.0794. The lowest BCUT2D eigenvalue weighted by Crippen LogP contribution is -2.40. The van der Waals surface area contributed by atoms with Crippen molar-refractivity contribution >= 4 is 0 Å². The van der Waals surface area contributed by atoms with Crippen molar-refractivity contribution in [1.29, 1.82) is 0 Å². The molecule has 0 bridgehead atoms. The zero-order chi connectivity index (χ0) is 9.90. The highest BCUT2D eigenvalue weighted by atomic mass is 14.7. The summed E-state index contributed by atoms with van der Waals surface area (Å²) in [5.74, 6) is 0. The molecule has 1 rings (SSSR count). The molecule has 0 amide bonds. The van der Waals surface area contributed by atoms with Gasteiger partial charge in [0.05, 0.1) is 0 Å². The summed E-state index contributed by atoms with van der Waals surface area (Å²) in [5, 5.41) is 0. The molecule has 1 nitrogen and oxygen atoms in total. The Bertz CT molecular complexity index is 251. The summed E-state index contributed by atoms with van der Waals surface area (Å²) >= 11 is 0. The smallest absolute Gasteiger partial charge is 0.0128 e. The van der Waals surface area contributed by atoms with Crippen LogP contribution in [0.15, 0.2) is 30.3 Å². The first-order valence-electron chi connectivity index (χ1n) is 4.90. The summed E-state index contributed by atoms with van der Waals surface area (Å²) in [5.41, 5.74) is 7.49. The van der Waals surface area contributed by atoms with Crippen LogP contribution in [-0.4, -0.2) is 6.04 Å². The molecular weight excluding hydrogens is 158 g/mol. The SMILES string of the molecule is CC[C@H](N)C(C)(C)c1ccccc1. The first kappa shape index (κ1) is 10.3. The van der Waals surface area contributed by atoms with Gasteiger partial charge in [0.15, 0.2) is 0 Å². The Kier molecular flexibility index (Phi) is 3.10. The maximum Gasteiger partial charge on any atom is 0.0128 e. The molecule has 0 aliphatic carbocycles. The molecule has 2 N–H and O–H groups in total. The molecule has 0 spiro atoms. The molecule has 1 aromatic carbocycles. The van der Waals surface area contributed by atoms with Gasteiger partial charge in [-0.1, -0.05) is 51.1 Å². The molecule has 1 aromatic rings. The van der Waals surface area contributed by atoms with Gasteiger partial charge >= 0.3 is 0 Å². The molecule has 0 aliphatic heterocycles. The van der Waals surface area contributed by atoms with Crippen LogP contribution in [0.3, 0.4) is 0 Å². The molecule has 0 radical (unpaired) electrons. The second-order valence-electron chi connectivity index (χ2n) is 4.10. The summed E-state index contributed by atoms with van der Waals surface area (Å²) in [4.78, 5) is 0. The lowest BCUT2D eigenvalue weighted by Gasteiger charge is -2.31. The Morgan fingerprint density at radius 1 is 1.23 bits per heavy atom. The van der Waals surface area contributed by atoms with Gasteiger partial charge in [-0.05, 0) is 12.0 Å². The molecule has 0 saturated heterocycles. The third kappa shape index (κ3) is 2.10. The van der Waals surface area contributed by atoms with E-state index in [1.54, 1.807) is 0 Å². The van der Waals surface area contributed by atoms with Gasteiger partial charge in [0.2, 0.25) is 0 Å². The van der Waals surface area contributed by atoms with E-state index < -0.39 is 0 Å². The van der Waals surface area contributed by atoms with Gasteiger partial charge in [0, 0.05) is 11.5 Å². The predicted octanol–water partition coefficient (Wildman–Crippen LogP) is 2.70. The van der Waals surface area contributed by atoms with E-state index in [1.165, 1.54) is 5.56 Å². The molecule has 0 saturated carbocycles. The van der Waals surface area contributed by atoms with Crippen molar-refractivity contribution in [3.8, 4) is 0 Å². The van der Waals surface area contributed by atoms with Crippen molar-refractivity contribution in [3.63, 3.8) is 0 Å². The van der Waals surface area contributed by atoms with E-state index in [9.17, 15) is 0 Å². The Morgan fingerprint density at radius 2 is 1.77 bits per heavy atom. The molecule has 0 heterocycles. The van der Waals surface area contributed by atoms with Gasteiger partial charge in [-0.25, -0.2) is 0 Å². The first-order valence-corrected chi connectivity index (χ1v) is 4.90. The lowest BCUT2D eigenvalue weighted by atomic mass is 9.77. The number of hydrogen-bond donors (Lipinski definition) is 1. The molecule has 72 valence electrons. The van der Waals surface area contributed by atoms with Crippen LogP contribution in [0, 0.1) is 0 Å². The number of hydrogen-bond acceptors (Lipinski definition) is 1. The van der Waals surface area contributed by atoms with Crippen LogP contribution >= 0.6 is 0 Å². The standard InChI is InChI=1S/C12H19N/c1-4-11(13)12(2,3)10-8-6-5-7-9-10/h5-9,11H,4,13H2,1-3H3/t11-/m0/s1. The van der Waals surface area contributed by atoms with Crippen LogP contribution in [0.4, 0.5) is 0 Å². The summed E-state index contributed by atoms with van der Waals surface area (Å²) in [6.07, 6.45) is 1.02. The van der Waals surface area contributed by atoms with Crippen molar-refractivity contribution in [2.45, 2.75) is 38.6 Å². The molecule has 1 heteroatoms. The van der Waals surface area contributed by atoms with Gasteiger partial charge in [-0.2, -0.15) is 0 Å². The van der Waals surface area contributed by atoms with Gasteiger partial charge in [-0.3, -0.25) is 0 Å². The zero-order valence-electron chi connectivity index (χ0n) is 8.75. The largest absolute Gasteiger partial charge is 0.327 e. The Hall–Kier alpha value is -0.820. The van der Waals surface area contributed by atoms with Gasteiger partial charge < -0.3 is 5.73 Å². The van der Waals surface area contributed by atoms with Crippen LogP contribution in [0.25, 0.3) is 0 Å². The summed E-state index contributed by atoms with van der Waals surface area (Å²) in [7, 11) is 0. The topological polar surface area (TPSA) is 26.0 Å². The second kappa shape index (κ2) is 3.93. The Balaban J connectivity index is 2.93. The van der Waals surface area contributed by atoms with Crippen molar-refractivity contribution in [3.05, 3.63) is 35.9 Å². The van der Waals surface area contributed by atoms with Crippen molar-refractivity contribution in [1.82, 2.24) is 0 Å². The van der Waals surface area contributed by atoms with E-state index in [0.717, 1.165) is 6.42 Å². The minimum atomic E-state index is 0.0794. The van der Waals surface area contributed by atoms with Crippen LogP contribution in [0.5, 0.6) is 0 Å². The number of nitrogens with two attached hydrogens (primary N) is 1. The summed E-state index contributed by atoms with van der Waals surface area (Å²) < 4.78 is 0. The fourth-order valence-electron chi connectivity index (χ4n) is 1.59. The quantitative estimate of drug-likeness (QED) is 0.754. The van der Waals surface area contributed by atoms with Crippen LogP contribution in [0.1, 0.15) is 32.8 Å². The lowest BCUT2D eigenvalue weighted by molar-refractivity contribution is 0.399. The molecule has 0 fully saturated rings. The number of benzene rings is 1. The Labute approximate surface area is 81.0 Å². The van der Waals surface area contributed by atoms with E-state index in [0.29, 0.717) is 0 Å². The predicted molar refractivity (Wildman–Crippen MR) is 57.7 cm³/mol. The normalized spacial score (nSPS) is 14.2. The van der Waals surface area contributed by atoms with Gasteiger partial charge in [0.1, 0.15) is 0 Å². The summed E-state index contributed by atoms with van der Waals surface area (Å²) in [6, 6.07) is 10.7. The van der Waals surface area contributed by atoms with Crippen molar-refractivity contribution < 1.29 is 0 Å². The highest BCUT2D eigenvalue weighted by molar-refractivity contribution is 5.25. The fraction of sp³-hybridized carbons (Fsp3) is 0.500. The van der Waals surface area contributed by atoms with Gasteiger partial charge in [-0.15, -0.1) is 0 Å². The minimum Gasteiger partial charge on any atom is -0.327 e. The molecule has 1 atom stereocenters. The van der Waals surface area contributed by atoms with Crippen molar-refractivity contribution in [2.24, 2.45) is 5.73 Å². The number of rotatable bonds is 3. The average molecular weight is 177 g/mol. The highest BCUT2D eigenvalue weighted by Crippen LogP contribution is 2.26. The monoisotopic (exact) mass is 177 g/mol. The second-order valence-corrected chi connectivity index (χ2v) is 4.10. The average Bonchev–Trinajstić information content (AvgIpc) is 2.18. The Morgan fingerprint density at radius 3 is 2.23 bits per heavy atom. The van der Waals surface area contributed by atoms with E-state index in [4.69, 9.17) is 5.73 Å². The van der Waals surface area contributed by atoms with E-state index in [2.05, 4.69) is 45.0 Å². The van der Waals surface area contributed by atoms with Crippen molar-refractivity contribution in [2.75, 3.05) is 0 Å². The van der Waals surface area contributed by atoms with E-state index in [1.807, 2.05) is 6.07 Å². The molecular formula is C12H19N. The van der Waals surface area contributed by atoms with E-state index in [-0.39, 0.29) is 11.5 Å². The first-order chi connectivity index (χ1) is 6.09. The van der Waals surface area contributed by atoms with E-state index >= 15 is 0 Å². The zero-order valence-corrected chi connectivity index (χ0v) is 8.75. The van der Waals surface area contributed by atoms with Gasteiger partial charge in [0.25, 0.3) is 0 Å². The van der Waals surface area contributed by atoms with Crippen LogP contribution in [-0.2, 0) is 5.41 Å². The molecule has 0 aromatic heterocycles. The maximum absolute atomic E-state index is 6.08. The third-order valence-electron chi connectivity index (χ3n) is 2.88. The molecule has 0 unspecified atom stereocenters. The highest BCUT2D eigenvalue weighted by Gasteiger charge is 2.26. The molecule has 13 heavy (non-hydrogen) atoms.